The molecule has 0 saturated heterocycles. The van der Waals surface area contributed by atoms with E-state index in [1.807, 2.05) is 23.6 Å². The van der Waals surface area contributed by atoms with Crippen LogP contribution in [0.2, 0.25) is 0 Å². The number of thiazole rings is 1. The summed E-state index contributed by atoms with van der Waals surface area (Å²) in [5.41, 5.74) is 7.46. The number of hydrogen-bond acceptors (Lipinski definition) is 6. The van der Waals surface area contributed by atoms with Crippen molar-refractivity contribution in [3.63, 3.8) is 0 Å². The summed E-state index contributed by atoms with van der Waals surface area (Å²) in [7, 11) is 0. The lowest BCUT2D eigenvalue weighted by atomic mass is 10.0. The second-order valence-electron chi connectivity index (χ2n) is 6.52. The summed E-state index contributed by atoms with van der Waals surface area (Å²) in [5, 5.41) is 5.77. The monoisotopic (exact) mass is 433 g/mol. The Labute approximate surface area is 175 Å². The third-order valence-electron chi connectivity index (χ3n) is 3.92. The van der Waals surface area contributed by atoms with Gasteiger partial charge in [-0.2, -0.15) is 0 Å². The zero-order valence-electron chi connectivity index (χ0n) is 15.3. The Morgan fingerprint density at radius 3 is 2.74 bits per heavy atom. The van der Waals surface area contributed by atoms with E-state index in [-0.39, 0.29) is 50.0 Å². The van der Waals surface area contributed by atoms with Crippen LogP contribution in [0.15, 0.2) is 23.6 Å². The number of amides is 1. The lowest BCUT2D eigenvalue weighted by Gasteiger charge is -2.18. The number of fused-ring (bicyclic) bond motifs is 1. The first kappa shape index (κ1) is 23.5. The molecule has 0 spiro atoms. The molecule has 1 unspecified atom stereocenters. The van der Waals surface area contributed by atoms with Gasteiger partial charge in [0.05, 0.1) is 12.1 Å². The van der Waals surface area contributed by atoms with Crippen LogP contribution in [0.25, 0.3) is 10.6 Å². The van der Waals surface area contributed by atoms with Gasteiger partial charge < -0.3 is 20.5 Å². The second-order valence-corrected chi connectivity index (χ2v) is 7.38. The fourth-order valence-electron chi connectivity index (χ4n) is 2.78. The predicted octanol–water partition coefficient (Wildman–Crippen LogP) is 3.41. The third-order valence-corrected chi connectivity index (χ3v) is 4.86. The number of nitrogens with one attached hydrogen (secondary N) is 1. The van der Waals surface area contributed by atoms with E-state index in [1.165, 1.54) is 11.3 Å². The summed E-state index contributed by atoms with van der Waals surface area (Å²) in [5.74, 6) is 1.92. The molecule has 1 aliphatic rings. The van der Waals surface area contributed by atoms with Gasteiger partial charge in [-0.3, -0.25) is 4.79 Å². The highest BCUT2D eigenvalue weighted by atomic mass is 35.5. The van der Waals surface area contributed by atoms with Gasteiger partial charge in [-0.25, -0.2) is 4.98 Å². The molecule has 3 rings (SSSR count). The van der Waals surface area contributed by atoms with Crippen molar-refractivity contribution < 1.29 is 14.3 Å². The highest BCUT2D eigenvalue weighted by Gasteiger charge is 2.17. The standard InChI is InChI=1S/C18H23N3O3S.2ClH/c1-11(2)5-13(8-19)20-17(22)7-14-9-25-18(21-14)12-3-4-15-16(6-12)24-10-23-15;;/h3-4,6,9,11,13H,5,7-8,10,19H2,1-2H3,(H,20,22);2*1H. The van der Waals surface area contributed by atoms with Crippen LogP contribution in [-0.4, -0.2) is 30.3 Å². The van der Waals surface area contributed by atoms with Gasteiger partial charge in [-0.1, -0.05) is 13.8 Å². The number of ether oxygens (including phenoxy) is 2. The second kappa shape index (κ2) is 10.7. The van der Waals surface area contributed by atoms with Crippen molar-refractivity contribution in [2.45, 2.75) is 32.7 Å². The van der Waals surface area contributed by atoms with E-state index >= 15 is 0 Å². The van der Waals surface area contributed by atoms with Crippen LogP contribution in [0.3, 0.4) is 0 Å². The van der Waals surface area contributed by atoms with Crippen molar-refractivity contribution in [3.8, 4) is 22.1 Å². The molecular weight excluding hydrogens is 409 g/mol. The first-order valence-electron chi connectivity index (χ1n) is 8.39. The maximum Gasteiger partial charge on any atom is 0.231 e. The largest absolute Gasteiger partial charge is 0.454 e. The Balaban J connectivity index is 0.00000182. The number of benzene rings is 1. The average molecular weight is 434 g/mol. The molecule has 27 heavy (non-hydrogen) atoms. The topological polar surface area (TPSA) is 86.5 Å². The van der Waals surface area contributed by atoms with Gasteiger partial charge in [0, 0.05) is 23.5 Å². The highest BCUT2D eigenvalue weighted by Crippen LogP contribution is 2.36. The van der Waals surface area contributed by atoms with E-state index in [1.54, 1.807) is 0 Å². The average Bonchev–Trinajstić information content (AvgIpc) is 3.21. The van der Waals surface area contributed by atoms with Gasteiger partial charge in [0.1, 0.15) is 5.01 Å². The third kappa shape index (κ3) is 6.24. The zero-order valence-corrected chi connectivity index (χ0v) is 17.7. The van der Waals surface area contributed by atoms with Crippen LogP contribution >= 0.6 is 36.2 Å². The van der Waals surface area contributed by atoms with Crippen molar-refractivity contribution in [2.24, 2.45) is 11.7 Å². The summed E-state index contributed by atoms with van der Waals surface area (Å²) >= 11 is 1.51. The first-order chi connectivity index (χ1) is 12.0. The smallest absolute Gasteiger partial charge is 0.231 e. The Kier molecular flexibility index (Phi) is 9.32. The number of carbonyl (C=O) groups excluding carboxylic acids is 1. The van der Waals surface area contributed by atoms with E-state index in [2.05, 4.69) is 24.1 Å². The molecule has 1 amide bonds. The number of halogens is 2. The summed E-state index contributed by atoms with van der Waals surface area (Å²) in [4.78, 5) is 16.8. The minimum Gasteiger partial charge on any atom is -0.454 e. The molecule has 1 aromatic carbocycles. The van der Waals surface area contributed by atoms with Crippen LogP contribution in [-0.2, 0) is 11.2 Å². The Hall–Kier alpha value is -1.54. The molecule has 0 fully saturated rings. The molecule has 2 aromatic rings. The molecule has 1 aromatic heterocycles. The van der Waals surface area contributed by atoms with Gasteiger partial charge in [0.15, 0.2) is 11.5 Å². The molecule has 1 aliphatic heterocycles. The maximum absolute atomic E-state index is 12.2. The fraction of sp³-hybridized carbons (Fsp3) is 0.444. The van der Waals surface area contributed by atoms with Crippen LogP contribution < -0.4 is 20.5 Å². The van der Waals surface area contributed by atoms with Crippen LogP contribution in [0.4, 0.5) is 0 Å². The lowest BCUT2D eigenvalue weighted by Crippen LogP contribution is -2.41. The van der Waals surface area contributed by atoms with Crippen molar-refractivity contribution in [2.75, 3.05) is 13.3 Å². The molecule has 9 heteroatoms. The lowest BCUT2D eigenvalue weighted by molar-refractivity contribution is -0.121. The predicted molar refractivity (Wildman–Crippen MR) is 112 cm³/mol. The number of nitrogens with zero attached hydrogens (tertiary/aromatic N) is 1. The van der Waals surface area contributed by atoms with Crippen LogP contribution in [0.5, 0.6) is 11.5 Å². The Morgan fingerprint density at radius 2 is 2.04 bits per heavy atom. The van der Waals surface area contributed by atoms with Gasteiger partial charge in [0.2, 0.25) is 12.7 Å². The Morgan fingerprint density at radius 1 is 1.30 bits per heavy atom. The van der Waals surface area contributed by atoms with E-state index in [4.69, 9.17) is 15.2 Å². The molecule has 0 saturated carbocycles. The van der Waals surface area contributed by atoms with Crippen molar-refractivity contribution >= 4 is 42.1 Å². The summed E-state index contributed by atoms with van der Waals surface area (Å²) in [6, 6.07) is 5.75. The van der Waals surface area contributed by atoms with E-state index in [9.17, 15) is 4.79 Å². The summed E-state index contributed by atoms with van der Waals surface area (Å²) in [6.07, 6.45) is 1.14. The van der Waals surface area contributed by atoms with Crippen LogP contribution in [0, 0.1) is 5.92 Å². The molecule has 2 heterocycles. The minimum atomic E-state index is -0.0429. The number of nitrogens with two attached hydrogens (primary N) is 1. The number of rotatable bonds is 7. The number of aromatic nitrogens is 1. The minimum absolute atomic E-state index is 0. The number of hydrogen-bond donors (Lipinski definition) is 2. The van der Waals surface area contributed by atoms with Gasteiger partial charge in [0.25, 0.3) is 0 Å². The molecule has 6 nitrogen and oxygen atoms in total. The van der Waals surface area contributed by atoms with Crippen molar-refractivity contribution in [1.82, 2.24) is 10.3 Å². The van der Waals surface area contributed by atoms with Crippen LogP contribution in [0.1, 0.15) is 26.0 Å². The molecule has 0 bridgehead atoms. The highest BCUT2D eigenvalue weighted by molar-refractivity contribution is 7.13. The number of carbonyl (C=O) groups is 1. The molecular formula is C18H25Cl2N3O3S. The van der Waals surface area contributed by atoms with E-state index in [0.717, 1.165) is 34.2 Å². The first-order valence-corrected chi connectivity index (χ1v) is 9.27. The normalized spacial score (nSPS) is 12.9. The molecule has 150 valence electrons. The van der Waals surface area contributed by atoms with Gasteiger partial charge in [-0.05, 0) is 30.5 Å². The summed E-state index contributed by atoms with van der Waals surface area (Å²) < 4.78 is 10.7. The molecule has 1 atom stereocenters. The van der Waals surface area contributed by atoms with Crippen molar-refractivity contribution in [1.29, 1.82) is 0 Å². The SMILES string of the molecule is CC(C)CC(CN)NC(=O)Cc1csc(-c2ccc3c(c2)OCO3)n1.Cl.Cl. The molecule has 0 radical (unpaired) electrons. The molecule has 0 aliphatic carbocycles. The maximum atomic E-state index is 12.2. The van der Waals surface area contributed by atoms with E-state index < -0.39 is 0 Å². The zero-order chi connectivity index (χ0) is 17.8. The Bertz CT molecular complexity index is 755. The summed E-state index contributed by atoms with van der Waals surface area (Å²) in [6.45, 7) is 4.93. The fourth-order valence-corrected chi connectivity index (χ4v) is 3.59. The molecule has 3 N–H and O–H groups in total. The van der Waals surface area contributed by atoms with Gasteiger partial charge >= 0.3 is 0 Å². The quantitative estimate of drug-likeness (QED) is 0.698. The van der Waals surface area contributed by atoms with Gasteiger partial charge in [-0.15, -0.1) is 36.2 Å². The van der Waals surface area contributed by atoms with E-state index in [0.29, 0.717) is 12.5 Å². The van der Waals surface area contributed by atoms with Crippen molar-refractivity contribution in [3.05, 3.63) is 29.3 Å².